The maximum atomic E-state index is 5.06. The molecule has 0 amide bonds. The fourth-order valence-corrected chi connectivity index (χ4v) is 3.28. The number of nitrogens with one attached hydrogen (secondary N) is 1. The second-order valence-corrected chi connectivity index (χ2v) is 6.56. The maximum absolute atomic E-state index is 5.06. The molecule has 0 radical (unpaired) electrons. The Morgan fingerprint density at radius 2 is 2.19 bits per heavy atom. The number of pyridine rings is 1. The number of rotatable bonds is 7. The summed E-state index contributed by atoms with van der Waals surface area (Å²) in [5.74, 6) is 0. The number of ether oxygens (including phenoxy) is 1. The van der Waals surface area contributed by atoms with E-state index in [9.17, 15) is 0 Å². The van der Waals surface area contributed by atoms with Gasteiger partial charge in [-0.1, -0.05) is 29.5 Å². The van der Waals surface area contributed by atoms with E-state index in [2.05, 4.69) is 51.4 Å². The van der Waals surface area contributed by atoms with Gasteiger partial charge in [-0.25, -0.2) is 4.98 Å². The molecule has 0 aliphatic carbocycles. The Morgan fingerprint density at radius 1 is 1.33 bits per heavy atom. The third kappa shape index (κ3) is 5.11. The van der Waals surface area contributed by atoms with Gasteiger partial charge in [-0.3, -0.25) is 0 Å². The molecule has 3 nitrogen and oxygen atoms in total. The Balaban J connectivity index is 2.13. The van der Waals surface area contributed by atoms with Gasteiger partial charge in [0.05, 0.1) is 11.1 Å². The molecule has 0 aliphatic rings. The van der Waals surface area contributed by atoms with E-state index in [1.807, 2.05) is 18.3 Å². The van der Waals surface area contributed by atoms with Crippen molar-refractivity contribution in [1.82, 2.24) is 10.3 Å². The van der Waals surface area contributed by atoms with Crippen molar-refractivity contribution >= 4 is 27.7 Å². The first kappa shape index (κ1) is 16.5. The highest BCUT2D eigenvalue weighted by atomic mass is 79.9. The highest BCUT2D eigenvalue weighted by Gasteiger charge is 2.08. The van der Waals surface area contributed by atoms with Crippen LogP contribution in [0, 0.1) is 6.92 Å². The number of nitrogens with zero attached hydrogens (tertiary/aromatic N) is 1. The Kier molecular flexibility index (Phi) is 6.70. The number of hydrogen-bond acceptors (Lipinski definition) is 4. The molecule has 2 aromatic rings. The molecule has 1 aromatic heterocycles. The lowest BCUT2D eigenvalue weighted by Gasteiger charge is -2.11. The van der Waals surface area contributed by atoms with Crippen LogP contribution >= 0.6 is 27.7 Å². The summed E-state index contributed by atoms with van der Waals surface area (Å²) < 4.78 is 6.08. The molecule has 0 unspecified atom stereocenters. The van der Waals surface area contributed by atoms with Crippen LogP contribution in [0.15, 0.2) is 50.9 Å². The standard InChI is InChI=1S/C16H19BrN2OS/c1-12-5-6-15(13(10-12)11-18-8-9-20-2)21-16-14(17)4-3-7-19-16/h3-7,10,18H,8-9,11H2,1-2H3. The van der Waals surface area contributed by atoms with E-state index in [0.29, 0.717) is 0 Å². The number of aryl methyl sites for hydroxylation is 1. The van der Waals surface area contributed by atoms with Crippen LogP contribution in [0.5, 0.6) is 0 Å². The predicted octanol–water partition coefficient (Wildman–Crippen LogP) is 4.04. The summed E-state index contributed by atoms with van der Waals surface area (Å²) in [4.78, 5) is 5.65. The fourth-order valence-electron chi connectivity index (χ4n) is 1.89. The van der Waals surface area contributed by atoms with E-state index in [-0.39, 0.29) is 0 Å². The second-order valence-electron chi connectivity index (χ2n) is 4.67. The van der Waals surface area contributed by atoms with Crippen LogP contribution in [0.3, 0.4) is 0 Å². The predicted molar refractivity (Wildman–Crippen MR) is 90.8 cm³/mol. The molecule has 1 N–H and O–H groups in total. The summed E-state index contributed by atoms with van der Waals surface area (Å²) in [6, 6.07) is 10.5. The van der Waals surface area contributed by atoms with Crippen LogP contribution in [0.25, 0.3) is 0 Å². The van der Waals surface area contributed by atoms with Crippen LogP contribution in [0.2, 0.25) is 0 Å². The van der Waals surface area contributed by atoms with Crippen molar-refractivity contribution in [3.8, 4) is 0 Å². The summed E-state index contributed by atoms with van der Waals surface area (Å²) in [6.07, 6.45) is 1.82. The lowest BCUT2D eigenvalue weighted by Crippen LogP contribution is -2.19. The van der Waals surface area contributed by atoms with Crippen molar-refractivity contribution in [1.29, 1.82) is 0 Å². The zero-order valence-corrected chi connectivity index (χ0v) is 14.6. The van der Waals surface area contributed by atoms with Gasteiger partial charge < -0.3 is 10.1 Å². The molecule has 112 valence electrons. The molecule has 0 bridgehead atoms. The SMILES string of the molecule is COCCNCc1cc(C)ccc1Sc1ncccc1Br. The van der Waals surface area contributed by atoms with E-state index in [4.69, 9.17) is 4.74 Å². The summed E-state index contributed by atoms with van der Waals surface area (Å²) in [6.45, 7) is 4.52. The summed E-state index contributed by atoms with van der Waals surface area (Å²) >= 11 is 5.23. The molecule has 1 aromatic carbocycles. The maximum Gasteiger partial charge on any atom is 0.115 e. The first-order chi connectivity index (χ1) is 10.2. The Labute approximate surface area is 138 Å². The number of aromatic nitrogens is 1. The average molecular weight is 367 g/mol. The minimum absolute atomic E-state index is 0.722. The molecule has 0 fully saturated rings. The Morgan fingerprint density at radius 3 is 2.95 bits per heavy atom. The normalized spacial score (nSPS) is 10.8. The number of methoxy groups -OCH3 is 1. The largest absolute Gasteiger partial charge is 0.383 e. The zero-order chi connectivity index (χ0) is 15.1. The molecule has 21 heavy (non-hydrogen) atoms. The topological polar surface area (TPSA) is 34.1 Å². The van der Waals surface area contributed by atoms with Crippen molar-refractivity contribution in [2.45, 2.75) is 23.4 Å². The lowest BCUT2D eigenvalue weighted by molar-refractivity contribution is 0.199. The number of benzene rings is 1. The first-order valence-corrected chi connectivity index (χ1v) is 8.39. The molecule has 1 heterocycles. The molecular weight excluding hydrogens is 348 g/mol. The van der Waals surface area contributed by atoms with Crippen LogP contribution in [0.4, 0.5) is 0 Å². The van der Waals surface area contributed by atoms with Crippen molar-refractivity contribution < 1.29 is 4.74 Å². The molecule has 0 aliphatic heterocycles. The number of halogens is 1. The van der Waals surface area contributed by atoms with Crippen molar-refractivity contribution in [2.75, 3.05) is 20.3 Å². The van der Waals surface area contributed by atoms with Crippen LogP contribution in [-0.4, -0.2) is 25.2 Å². The van der Waals surface area contributed by atoms with Gasteiger partial charge in [0.15, 0.2) is 0 Å². The van der Waals surface area contributed by atoms with Gasteiger partial charge in [-0.15, -0.1) is 0 Å². The smallest absolute Gasteiger partial charge is 0.115 e. The van der Waals surface area contributed by atoms with Crippen LogP contribution in [-0.2, 0) is 11.3 Å². The fraction of sp³-hybridized carbons (Fsp3) is 0.312. The molecule has 5 heteroatoms. The van der Waals surface area contributed by atoms with Crippen molar-refractivity contribution in [2.24, 2.45) is 0 Å². The molecule has 2 rings (SSSR count). The monoisotopic (exact) mass is 366 g/mol. The van der Waals surface area contributed by atoms with Gasteiger partial charge >= 0.3 is 0 Å². The summed E-state index contributed by atoms with van der Waals surface area (Å²) in [5.41, 5.74) is 2.55. The average Bonchev–Trinajstić information content (AvgIpc) is 2.48. The van der Waals surface area contributed by atoms with Gasteiger partial charge in [0, 0.05) is 31.3 Å². The summed E-state index contributed by atoms with van der Waals surface area (Å²) in [7, 11) is 1.72. The van der Waals surface area contributed by atoms with E-state index < -0.39 is 0 Å². The zero-order valence-electron chi connectivity index (χ0n) is 12.2. The second kappa shape index (κ2) is 8.54. The minimum atomic E-state index is 0.722. The Hall–Kier alpha value is -0.880. The number of hydrogen-bond donors (Lipinski definition) is 1. The van der Waals surface area contributed by atoms with Crippen molar-refractivity contribution in [3.63, 3.8) is 0 Å². The van der Waals surface area contributed by atoms with E-state index in [1.54, 1.807) is 18.9 Å². The lowest BCUT2D eigenvalue weighted by atomic mass is 10.1. The van der Waals surface area contributed by atoms with E-state index in [0.717, 1.165) is 29.2 Å². The van der Waals surface area contributed by atoms with Crippen LogP contribution in [0.1, 0.15) is 11.1 Å². The first-order valence-electron chi connectivity index (χ1n) is 6.78. The Bertz CT molecular complexity index is 592. The minimum Gasteiger partial charge on any atom is -0.383 e. The third-order valence-corrected chi connectivity index (χ3v) is 4.98. The third-order valence-electron chi connectivity index (χ3n) is 2.95. The van der Waals surface area contributed by atoms with E-state index >= 15 is 0 Å². The molecule has 0 spiro atoms. The highest BCUT2D eigenvalue weighted by Crippen LogP contribution is 2.33. The van der Waals surface area contributed by atoms with E-state index in [1.165, 1.54) is 16.0 Å². The summed E-state index contributed by atoms with van der Waals surface area (Å²) in [5, 5.41) is 4.39. The van der Waals surface area contributed by atoms with Crippen molar-refractivity contribution in [3.05, 3.63) is 52.1 Å². The highest BCUT2D eigenvalue weighted by molar-refractivity contribution is 9.10. The molecule has 0 saturated carbocycles. The van der Waals surface area contributed by atoms with Gasteiger partial charge in [0.1, 0.15) is 5.03 Å². The molecular formula is C16H19BrN2OS. The van der Waals surface area contributed by atoms with Gasteiger partial charge in [0.2, 0.25) is 0 Å². The van der Waals surface area contributed by atoms with Gasteiger partial charge in [-0.2, -0.15) is 0 Å². The quantitative estimate of drug-likeness (QED) is 0.749. The van der Waals surface area contributed by atoms with Gasteiger partial charge in [0.25, 0.3) is 0 Å². The van der Waals surface area contributed by atoms with Gasteiger partial charge in [-0.05, 0) is 46.6 Å². The van der Waals surface area contributed by atoms with Crippen LogP contribution < -0.4 is 5.32 Å². The molecule has 0 saturated heterocycles. The molecule has 0 atom stereocenters.